The normalized spacial score (nSPS) is 15.8. The highest BCUT2D eigenvalue weighted by Crippen LogP contribution is 2.49. The van der Waals surface area contributed by atoms with Gasteiger partial charge in [0.2, 0.25) is 0 Å². The molecular weight excluding hydrogens is 595 g/mol. The molecule has 2 N–H and O–H groups in total. The molecule has 0 bridgehead atoms. The molecule has 0 unspecified atom stereocenters. The SMILES string of the molecule is O=C(O)CN(C(=O)C(=O)c1cccc(Cl)c1SSc1c(Cl)cccc1N(CC(=O)O)C1CCCC1)C1CCCC1. The van der Waals surface area contributed by atoms with Crippen molar-refractivity contribution >= 4 is 74.1 Å². The van der Waals surface area contributed by atoms with Crippen LogP contribution in [0.4, 0.5) is 5.69 Å². The molecule has 0 aliphatic heterocycles. The van der Waals surface area contributed by atoms with E-state index in [1.807, 2.05) is 11.0 Å². The number of carbonyl (C=O) groups is 4. The molecular formula is C28H30Cl2N2O6S2. The minimum absolute atomic E-state index is 0.0739. The summed E-state index contributed by atoms with van der Waals surface area (Å²) in [6.45, 7) is -0.718. The average molecular weight is 626 g/mol. The molecule has 2 aliphatic rings. The third-order valence-corrected chi connectivity index (χ3v) is 10.7. The molecule has 2 saturated carbocycles. The molecule has 2 aromatic rings. The van der Waals surface area contributed by atoms with Crippen molar-refractivity contribution in [2.24, 2.45) is 0 Å². The first kappa shape index (κ1) is 30.6. The summed E-state index contributed by atoms with van der Waals surface area (Å²) >= 11 is 13.1. The highest BCUT2D eigenvalue weighted by molar-refractivity contribution is 8.76. The first-order valence-electron chi connectivity index (χ1n) is 13.1. The number of carboxylic acids is 2. The Balaban J connectivity index is 1.62. The molecule has 40 heavy (non-hydrogen) atoms. The van der Waals surface area contributed by atoms with Crippen LogP contribution in [0.5, 0.6) is 0 Å². The number of rotatable bonds is 12. The number of aliphatic carboxylic acids is 2. The van der Waals surface area contributed by atoms with Crippen molar-refractivity contribution in [3.63, 3.8) is 0 Å². The molecule has 0 spiro atoms. The summed E-state index contributed by atoms with van der Waals surface area (Å²) in [6.07, 6.45) is 6.88. The monoisotopic (exact) mass is 624 g/mol. The van der Waals surface area contributed by atoms with Gasteiger partial charge in [-0.25, -0.2) is 0 Å². The Morgan fingerprint density at radius 1 is 0.750 bits per heavy atom. The Bertz CT molecular complexity index is 1280. The topological polar surface area (TPSA) is 115 Å². The summed E-state index contributed by atoms with van der Waals surface area (Å²) in [7, 11) is 2.39. The van der Waals surface area contributed by atoms with Crippen LogP contribution in [-0.4, -0.2) is 63.9 Å². The second-order valence-electron chi connectivity index (χ2n) is 9.93. The fourth-order valence-corrected chi connectivity index (χ4v) is 8.81. The van der Waals surface area contributed by atoms with Crippen LogP contribution in [0.1, 0.15) is 61.7 Å². The highest BCUT2D eigenvalue weighted by Gasteiger charge is 2.34. The molecule has 214 valence electrons. The van der Waals surface area contributed by atoms with Crippen molar-refractivity contribution in [1.82, 2.24) is 4.90 Å². The van der Waals surface area contributed by atoms with E-state index < -0.39 is 30.2 Å². The number of nitrogens with zero attached hydrogens (tertiary/aromatic N) is 2. The van der Waals surface area contributed by atoms with E-state index in [1.165, 1.54) is 16.9 Å². The summed E-state index contributed by atoms with van der Waals surface area (Å²) in [6, 6.07) is 9.80. The predicted octanol–water partition coefficient (Wildman–Crippen LogP) is 6.66. The van der Waals surface area contributed by atoms with Crippen LogP contribution < -0.4 is 4.90 Å². The number of hydrogen-bond donors (Lipinski definition) is 2. The molecule has 4 rings (SSSR count). The van der Waals surface area contributed by atoms with E-state index in [0.29, 0.717) is 33.3 Å². The van der Waals surface area contributed by atoms with E-state index in [1.54, 1.807) is 24.3 Å². The highest BCUT2D eigenvalue weighted by atomic mass is 35.5. The molecule has 0 radical (unpaired) electrons. The van der Waals surface area contributed by atoms with Gasteiger partial charge in [0.25, 0.3) is 11.7 Å². The molecule has 8 nitrogen and oxygen atoms in total. The van der Waals surface area contributed by atoms with Crippen LogP contribution in [0.25, 0.3) is 0 Å². The number of Topliss-reactive ketones (excluding diaryl/α,β-unsaturated/α-hetero) is 1. The lowest BCUT2D eigenvalue weighted by molar-refractivity contribution is -0.144. The molecule has 1 amide bonds. The Kier molecular flexibility index (Phi) is 10.7. The van der Waals surface area contributed by atoms with E-state index in [4.69, 9.17) is 23.2 Å². The number of anilines is 1. The van der Waals surface area contributed by atoms with Gasteiger partial charge in [0.05, 0.1) is 20.6 Å². The van der Waals surface area contributed by atoms with Crippen molar-refractivity contribution < 1.29 is 29.4 Å². The molecule has 2 aromatic carbocycles. The molecule has 12 heteroatoms. The zero-order chi connectivity index (χ0) is 28.8. The zero-order valence-corrected chi connectivity index (χ0v) is 24.8. The summed E-state index contributed by atoms with van der Waals surface area (Å²) in [5, 5.41) is 19.7. The van der Waals surface area contributed by atoms with Crippen LogP contribution in [-0.2, 0) is 14.4 Å². The van der Waals surface area contributed by atoms with Crippen LogP contribution in [0.15, 0.2) is 46.2 Å². The average Bonchev–Trinajstić information content (AvgIpc) is 3.64. The maximum atomic E-state index is 13.5. The van der Waals surface area contributed by atoms with Crippen LogP contribution in [0.3, 0.4) is 0 Å². The van der Waals surface area contributed by atoms with Gasteiger partial charge in [-0.3, -0.25) is 19.2 Å². The molecule has 2 aliphatic carbocycles. The van der Waals surface area contributed by atoms with Gasteiger partial charge in [-0.15, -0.1) is 0 Å². The number of hydrogen-bond acceptors (Lipinski definition) is 7. The zero-order valence-electron chi connectivity index (χ0n) is 21.7. The quantitative estimate of drug-likeness (QED) is 0.152. The van der Waals surface area contributed by atoms with Gasteiger partial charge in [0.1, 0.15) is 13.1 Å². The molecule has 2 fully saturated rings. The number of halogens is 2. The fraction of sp³-hybridized carbons (Fsp3) is 0.429. The molecule has 0 saturated heterocycles. The second-order valence-corrected chi connectivity index (χ2v) is 12.9. The summed E-state index contributed by atoms with van der Waals surface area (Å²) in [5.74, 6) is -3.81. The lowest BCUT2D eigenvalue weighted by atomic mass is 10.1. The van der Waals surface area contributed by atoms with Crippen molar-refractivity contribution in [1.29, 1.82) is 0 Å². The maximum Gasteiger partial charge on any atom is 0.323 e. The molecule has 0 heterocycles. The fourth-order valence-electron chi connectivity index (χ4n) is 5.41. The third-order valence-electron chi connectivity index (χ3n) is 7.27. The summed E-state index contributed by atoms with van der Waals surface area (Å²) < 4.78 is 0. The van der Waals surface area contributed by atoms with E-state index in [-0.39, 0.29) is 29.2 Å². The third kappa shape index (κ3) is 7.26. The number of carboxylic acid groups (broad SMARTS) is 2. The number of ketones is 1. The smallest absolute Gasteiger partial charge is 0.323 e. The van der Waals surface area contributed by atoms with Crippen molar-refractivity contribution in [2.75, 3.05) is 18.0 Å². The maximum absolute atomic E-state index is 13.5. The van der Waals surface area contributed by atoms with Gasteiger partial charge in [-0.05, 0) is 60.7 Å². The lowest BCUT2D eigenvalue weighted by Gasteiger charge is -2.31. The van der Waals surface area contributed by atoms with E-state index in [9.17, 15) is 29.4 Å². The lowest BCUT2D eigenvalue weighted by Crippen LogP contribution is -2.45. The Labute approximate surface area is 250 Å². The van der Waals surface area contributed by atoms with E-state index in [2.05, 4.69) is 0 Å². The predicted molar refractivity (Wildman–Crippen MR) is 158 cm³/mol. The van der Waals surface area contributed by atoms with Gasteiger partial charge in [-0.2, -0.15) is 0 Å². The van der Waals surface area contributed by atoms with Crippen LogP contribution in [0.2, 0.25) is 10.0 Å². The first-order valence-corrected chi connectivity index (χ1v) is 16.0. The Hall–Kier alpha value is -2.40. The summed E-state index contributed by atoms with van der Waals surface area (Å²) in [4.78, 5) is 54.1. The van der Waals surface area contributed by atoms with Crippen LogP contribution >= 0.6 is 44.8 Å². The standard InChI is InChI=1S/C28H30Cl2N2O6S2/c29-20-12-5-11-19(25(37)28(38)32(16-24(35)36)18-9-3-4-10-18)26(20)39-40-27-21(30)13-6-14-22(27)31(15-23(33)34)17-7-1-2-8-17/h5-6,11-14,17-18H,1-4,7-10,15-16H2,(H,33,34)(H,35,36). The molecule has 0 aromatic heterocycles. The minimum atomic E-state index is -1.18. The van der Waals surface area contributed by atoms with E-state index >= 15 is 0 Å². The number of amides is 1. The van der Waals surface area contributed by atoms with Gasteiger partial charge < -0.3 is 20.0 Å². The van der Waals surface area contributed by atoms with Crippen molar-refractivity contribution in [3.05, 3.63) is 52.0 Å². The minimum Gasteiger partial charge on any atom is -0.480 e. The number of carbonyl (C=O) groups excluding carboxylic acids is 2. The van der Waals surface area contributed by atoms with Gasteiger partial charge in [-0.1, -0.05) is 71.8 Å². The van der Waals surface area contributed by atoms with Crippen LogP contribution in [0, 0.1) is 0 Å². The Morgan fingerprint density at radius 2 is 1.27 bits per heavy atom. The van der Waals surface area contributed by atoms with Gasteiger partial charge in [0.15, 0.2) is 0 Å². The largest absolute Gasteiger partial charge is 0.480 e. The van der Waals surface area contributed by atoms with Crippen molar-refractivity contribution in [3.8, 4) is 0 Å². The van der Waals surface area contributed by atoms with Crippen molar-refractivity contribution in [2.45, 2.75) is 73.2 Å². The van der Waals surface area contributed by atoms with Gasteiger partial charge in [0, 0.05) is 22.5 Å². The first-order chi connectivity index (χ1) is 19.2. The molecule has 0 atom stereocenters. The Morgan fingerprint density at radius 3 is 1.88 bits per heavy atom. The number of benzene rings is 2. The summed E-state index contributed by atoms with van der Waals surface area (Å²) in [5.41, 5.74) is 0.763. The van der Waals surface area contributed by atoms with Gasteiger partial charge >= 0.3 is 11.9 Å². The second kappa shape index (κ2) is 14.0. The van der Waals surface area contributed by atoms with E-state index in [0.717, 1.165) is 54.2 Å².